The fourth-order valence-corrected chi connectivity index (χ4v) is 4.67. The molecule has 2 N–H and O–H groups in total. The number of carbonyl (C=O) groups is 1. The van der Waals surface area contributed by atoms with Gasteiger partial charge in [-0.25, -0.2) is 0 Å². The summed E-state index contributed by atoms with van der Waals surface area (Å²) in [5, 5.41) is 14.6. The quantitative estimate of drug-likeness (QED) is 0.614. The van der Waals surface area contributed by atoms with E-state index in [0.717, 1.165) is 45.3 Å². The van der Waals surface area contributed by atoms with Gasteiger partial charge in [0.1, 0.15) is 5.75 Å². The second kappa shape index (κ2) is 5.93. The number of phenolic OH excluding ortho intramolecular Hbond substituents is 1. The zero-order chi connectivity index (χ0) is 19.5. The molecule has 1 aliphatic carbocycles. The van der Waals surface area contributed by atoms with Crippen LogP contribution < -0.4 is 5.32 Å². The molecule has 4 heteroatoms. The molecule has 0 unspecified atom stereocenters. The van der Waals surface area contributed by atoms with Gasteiger partial charge in [-0.15, -0.1) is 0 Å². The molecule has 0 saturated carbocycles. The van der Waals surface area contributed by atoms with Crippen LogP contribution in [0, 0.1) is 5.41 Å². The molecule has 4 nitrogen and oxygen atoms in total. The van der Waals surface area contributed by atoms with E-state index in [4.69, 9.17) is 0 Å². The zero-order valence-corrected chi connectivity index (χ0v) is 16.0. The van der Waals surface area contributed by atoms with Crippen LogP contribution in [-0.2, 0) is 4.79 Å². The Bertz CT molecular complexity index is 1160. The standard InChI is InChI=1S/C24H22N2O2/c1-24(2)12-17-21-16-7-4-10-25-18(16)8-9-19(21)26-23(22(17)20(28)13-24)14-5-3-6-15(27)11-14/h3-11,23,26-27H,12-13H2,1-2H3/t23-/m0/s1. The van der Waals surface area contributed by atoms with Crippen LogP contribution in [0.1, 0.15) is 43.9 Å². The number of hydrogen-bond acceptors (Lipinski definition) is 4. The van der Waals surface area contributed by atoms with E-state index in [1.807, 2.05) is 24.3 Å². The molecule has 0 spiro atoms. The normalized spacial score (nSPS) is 20.5. The summed E-state index contributed by atoms with van der Waals surface area (Å²) in [6.07, 6.45) is 3.17. The molecule has 0 fully saturated rings. The minimum absolute atomic E-state index is 0.0850. The molecule has 1 atom stereocenters. The van der Waals surface area contributed by atoms with Crippen LogP contribution in [0.3, 0.4) is 0 Å². The smallest absolute Gasteiger partial charge is 0.162 e. The Labute approximate surface area is 163 Å². The second-order valence-electron chi connectivity index (χ2n) is 8.56. The lowest BCUT2D eigenvalue weighted by Crippen LogP contribution is -2.33. The van der Waals surface area contributed by atoms with E-state index in [1.165, 1.54) is 0 Å². The van der Waals surface area contributed by atoms with Gasteiger partial charge in [0.25, 0.3) is 0 Å². The van der Waals surface area contributed by atoms with Gasteiger partial charge < -0.3 is 10.4 Å². The molecule has 0 amide bonds. The lowest BCUT2D eigenvalue weighted by molar-refractivity contribution is -0.118. The number of aromatic nitrogens is 1. The van der Waals surface area contributed by atoms with Crippen LogP contribution in [0.2, 0.25) is 0 Å². The summed E-state index contributed by atoms with van der Waals surface area (Å²) in [4.78, 5) is 17.8. The first-order valence-corrected chi connectivity index (χ1v) is 9.63. The third kappa shape index (κ3) is 2.60. The summed E-state index contributed by atoms with van der Waals surface area (Å²) < 4.78 is 0. The van der Waals surface area contributed by atoms with Crippen LogP contribution in [0.5, 0.6) is 5.75 Å². The summed E-state index contributed by atoms with van der Waals surface area (Å²) in [6, 6.07) is 15.0. The fourth-order valence-electron chi connectivity index (χ4n) is 4.67. The van der Waals surface area contributed by atoms with Gasteiger partial charge in [-0.3, -0.25) is 9.78 Å². The summed E-state index contributed by atoms with van der Waals surface area (Å²) >= 11 is 0. The van der Waals surface area contributed by atoms with Crippen molar-refractivity contribution in [3.05, 3.63) is 71.4 Å². The molecule has 140 valence electrons. The molecule has 3 aromatic rings. The summed E-state index contributed by atoms with van der Waals surface area (Å²) in [5.74, 6) is 0.386. The van der Waals surface area contributed by atoms with E-state index in [2.05, 4.69) is 36.3 Å². The number of anilines is 1. The Kier molecular flexibility index (Phi) is 3.60. The van der Waals surface area contributed by atoms with Gasteiger partial charge >= 0.3 is 0 Å². The number of benzene rings is 2. The highest BCUT2D eigenvalue weighted by Crippen LogP contribution is 2.51. The average molecular weight is 370 g/mol. The van der Waals surface area contributed by atoms with Gasteiger partial charge in [0, 0.05) is 34.8 Å². The predicted molar refractivity (Wildman–Crippen MR) is 111 cm³/mol. The van der Waals surface area contributed by atoms with Crippen LogP contribution in [0.4, 0.5) is 5.69 Å². The van der Waals surface area contributed by atoms with Crippen LogP contribution >= 0.6 is 0 Å². The third-order valence-corrected chi connectivity index (χ3v) is 5.80. The Balaban J connectivity index is 1.81. The molecule has 1 aromatic heterocycles. The van der Waals surface area contributed by atoms with Crippen molar-refractivity contribution in [1.82, 2.24) is 4.98 Å². The van der Waals surface area contributed by atoms with Gasteiger partial charge in [0.2, 0.25) is 0 Å². The Morgan fingerprint density at radius 2 is 1.96 bits per heavy atom. The predicted octanol–water partition coefficient (Wildman–Crippen LogP) is 5.25. The lowest BCUT2D eigenvalue weighted by Gasteiger charge is -2.40. The molecule has 2 aliphatic rings. The van der Waals surface area contributed by atoms with Crippen molar-refractivity contribution in [3.63, 3.8) is 0 Å². The topological polar surface area (TPSA) is 62.2 Å². The summed E-state index contributed by atoms with van der Waals surface area (Å²) in [7, 11) is 0. The maximum atomic E-state index is 13.3. The molecule has 5 rings (SSSR count). The highest BCUT2D eigenvalue weighted by Gasteiger charge is 2.40. The van der Waals surface area contributed by atoms with E-state index in [9.17, 15) is 9.90 Å². The van der Waals surface area contributed by atoms with E-state index in [-0.39, 0.29) is 23.0 Å². The largest absolute Gasteiger partial charge is 0.508 e. The molecule has 0 radical (unpaired) electrons. The van der Waals surface area contributed by atoms with Crippen molar-refractivity contribution in [3.8, 4) is 5.75 Å². The van der Waals surface area contributed by atoms with Gasteiger partial charge in [-0.05, 0) is 53.3 Å². The number of pyridine rings is 1. The number of fused-ring (bicyclic) bond motifs is 4. The number of Topliss-reactive ketones (excluding diaryl/α,β-unsaturated/α-hetero) is 1. The van der Waals surface area contributed by atoms with E-state index < -0.39 is 0 Å². The summed E-state index contributed by atoms with van der Waals surface area (Å²) in [5.41, 5.74) is 5.80. The van der Waals surface area contributed by atoms with Crippen LogP contribution in [0.25, 0.3) is 16.5 Å². The fraction of sp³-hybridized carbons (Fsp3) is 0.250. The van der Waals surface area contributed by atoms with Crippen molar-refractivity contribution in [2.45, 2.75) is 32.7 Å². The Hall–Kier alpha value is -3.14. The van der Waals surface area contributed by atoms with E-state index >= 15 is 0 Å². The number of nitrogens with one attached hydrogen (secondary N) is 1. The molecular formula is C24H22N2O2. The summed E-state index contributed by atoms with van der Waals surface area (Å²) in [6.45, 7) is 4.31. The Morgan fingerprint density at radius 3 is 2.79 bits per heavy atom. The monoisotopic (exact) mass is 370 g/mol. The number of ketones is 1. The number of hydrogen-bond donors (Lipinski definition) is 2. The first-order valence-electron chi connectivity index (χ1n) is 9.63. The van der Waals surface area contributed by atoms with Crippen molar-refractivity contribution in [2.75, 3.05) is 5.32 Å². The minimum Gasteiger partial charge on any atom is -0.508 e. The number of phenols is 1. The van der Waals surface area contributed by atoms with Crippen LogP contribution in [0.15, 0.2) is 60.3 Å². The molecule has 2 aromatic carbocycles. The lowest BCUT2D eigenvalue weighted by atomic mass is 9.68. The maximum absolute atomic E-state index is 13.3. The zero-order valence-electron chi connectivity index (χ0n) is 16.0. The number of aromatic hydroxyl groups is 1. The highest BCUT2D eigenvalue weighted by atomic mass is 16.3. The molecular weight excluding hydrogens is 348 g/mol. The van der Waals surface area contributed by atoms with Crippen molar-refractivity contribution < 1.29 is 9.90 Å². The van der Waals surface area contributed by atoms with E-state index in [1.54, 1.807) is 18.3 Å². The SMILES string of the molecule is CC1(C)CC(=O)C2=C(C1)c1c(ccc3ncccc13)N[C@H]2c1cccc(O)c1. The molecule has 0 saturated heterocycles. The maximum Gasteiger partial charge on any atom is 0.162 e. The number of nitrogens with zero attached hydrogens (tertiary/aromatic N) is 1. The van der Waals surface area contributed by atoms with E-state index in [0.29, 0.717) is 6.42 Å². The number of allylic oxidation sites excluding steroid dienone is 1. The number of rotatable bonds is 1. The highest BCUT2D eigenvalue weighted by molar-refractivity contribution is 6.12. The first kappa shape index (κ1) is 17.0. The van der Waals surface area contributed by atoms with Gasteiger partial charge in [-0.2, -0.15) is 0 Å². The Morgan fingerprint density at radius 1 is 1.11 bits per heavy atom. The third-order valence-electron chi connectivity index (χ3n) is 5.80. The van der Waals surface area contributed by atoms with Crippen molar-refractivity contribution in [2.24, 2.45) is 5.41 Å². The van der Waals surface area contributed by atoms with Gasteiger partial charge in [-0.1, -0.05) is 32.0 Å². The number of carbonyl (C=O) groups excluding carboxylic acids is 1. The molecule has 28 heavy (non-hydrogen) atoms. The molecule has 1 aliphatic heterocycles. The molecule has 0 bridgehead atoms. The van der Waals surface area contributed by atoms with Gasteiger partial charge in [0.05, 0.1) is 11.6 Å². The average Bonchev–Trinajstić information content (AvgIpc) is 2.66. The molecule has 2 heterocycles. The van der Waals surface area contributed by atoms with Crippen LogP contribution in [-0.4, -0.2) is 15.9 Å². The van der Waals surface area contributed by atoms with Crippen molar-refractivity contribution in [1.29, 1.82) is 0 Å². The van der Waals surface area contributed by atoms with Crippen molar-refractivity contribution >= 4 is 27.9 Å². The second-order valence-corrected chi connectivity index (χ2v) is 8.56. The first-order chi connectivity index (χ1) is 13.4. The minimum atomic E-state index is -0.257. The van der Waals surface area contributed by atoms with Gasteiger partial charge in [0.15, 0.2) is 5.78 Å².